The maximum absolute atomic E-state index is 9.10. The number of aliphatic hydroxyl groups is 2. The molecule has 0 aliphatic rings. The molecule has 0 fully saturated rings. The van der Waals surface area contributed by atoms with Crippen molar-refractivity contribution in [1.29, 1.82) is 0 Å². The topological polar surface area (TPSA) is 101 Å². The van der Waals surface area contributed by atoms with Crippen molar-refractivity contribution in [1.82, 2.24) is 0 Å². The first kappa shape index (κ1) is 21.6. The highest BCUT2D eigenvalue weighted by Crippen LogP contribution is 2.32. The van der Waals surface area contributed by atoms with E-state index in [4.69, 9.17) is 25.3 Å². The van der Waals surface area contributed by atoms with Crippen LogP contribution in [-0.2, 0) is 0 Å². The highest BCUT2D eigenvalue weighted by Gasteiger charge is 2.31. The molecular formula is C18H25BO5S. The highest BCUT2D eigenvalue weighted by atomic mass is 32.1. The molecule has 5 N–H and O–H groups in total. The van der Waals surface area contributed by atoms with Gasteiger partial charge in [-0.3, -0.25) is 0 Å². The van der Waals surface area contributed by atoms with Gasteiger partial charge in [0.2, 0.25) is 0 Å². The molecule has 7 heteroatoms. The van der Waals surface area contributed by atoms with Crippen LogP contribution < -0.4 is 0 Å². The smallest absolute Gasteiger partial charge is 0.402 e. The van der Waals surface area contributed by atoms with Crippen molar-refractivity contribution < 1.29 is 25.3 Å². The molecule has 25 heavy (non-hydrogen) atoms. The number of benzene rings is 2. The van der Waals surface area contributed by atoms with E-state index in [2.05, 4.69) is 48.5 Å². The Morgan fingerprint density at radius 2 is 0.960 bits per heavy atom. The zero-order chi connectivity index (χ0) is 19.3. The summed E-state index contributed by atoms with van der Waals surface area (Å²) in [6.45, 7) is 6.31. The van der Waals surface area contributed by atoms with Gasteiger partial charge < -0.3 is 25.3 Å². The summed E-state index contributed by atoms with van der Waals surface area (Å²) < 4.78 is 2.76. The molecule has 0 unspecified atom stereocenters. The van der Waals surface area contributed by atoms with Crippen LogP contribution >= 0.6 is 11.3 Å². The largest absolute Gasteiger partial charge is 0.631 e. The number of rotatable bonds is 1. The molecule has 0 radical (unpaired) electrons. The number of fused-ring (bicyclic) bond motifs is 3. The minimum Gasteiger partial charge on any atom is -0.402 e. The van der Waals surface area contributed by atoms with Crippen LogP contribution in [0.5, 0.6) is 0 Å². The van der Waals surface area contributed by atoms with Crippen LogP contribution in [-0.4, -0.2) is 43.8 Å². The van der Waals surface area contributed by atoms with Crippen molar-refractivity contribution in [3.05, 3.63) is 48.5 Å². The predicted molar refractivity (Wildman–Crippen MR) is 104 cm³/mol. The van der Waals surface area contributed by atoms with Crippen molar-refractivity contribution in [2.45, 2.75) is 38.9 Å². The van der Waals surface area contributed by atoms with E-state index in [1.165, 1.54) is 20.2 Å². The highest BCUT2D eigenvalue weighted by molar-refractivity contribution is 7.25. The molecule has 1 heterocycles. The fraction of sp³-hybridized carbons (Fsp3) is 0.333. The van der Waals surface area contributed by atoms with E-state index in [0.717, 1.165) is 0 Å². The van der Waals surface area contributed by atoms with Gasteiger partial charge in [0.25, 0.3) is 0 Å². The molecule has 0 amide bonds. The molecule has 2 aromatic carbocycles. The monoisotopic (exact) mass is 364 g/mol. The fourth-order valence-corrected chi connectivity index (χ4v) is 2.78. The van der Waals surface area contributed by atoms with Crippen molar-refractivity contribution in [3.63, 3.8) is 0 Å². The third-order valence-corrected chi connectivity index (χ3v) is 4.93. The van der Waals surface area contributed by atoms with E-state index in [0.29, 0.717) is 0 Å². The lowest BCUT2D eigenvalue weighted by molar-refractivity contribution is -0.107. The SMILES string of the molecule is CC(C)(O)C(C)(C)O.OB(O)O.c1ccc2c(c1)sc1ccccc12. The molecule has 136 valence electrons. The standard InChI is InChI=1S/C12H8S.C6H14O2.BH3O3/c1-3-7-11-9(5-1)10-6-2-4-8-12(10)13-11;1-5(2,7)6(3,4)8;2-1(3)4/h1-8H;7-8H,1-4H3;2-4H. The van der Waals surface area contributed by atoms with Gasteiger partial charge in [0.05, 0.1) is 11.2 Å². The van der Waals surface area contributed by atoms with Crippen molar-refractivity contribution in [2.75, 3.05) is 0 Å². The van der Waals surface area contributed by atoms with Crippen LogP contribution in [0.4, 0.5) is 0 Å². The van der Waals surface area contributed by atoms with Gasteiger partial charge in [0, 0.05) is 20.2 Å². The van der Waals surface area contributed by atoms with Crippen LogP contribution in [0.2, 0.25) is 0 Å². The summed E-state index contributed by atoms with van der Waals surface area (Å²) in [6, 6.07) is 17.1. The third-order valence-electron chi connectivity index (χ3n) is 3.78. The summed E-state index contributed by atoms with van der Waals surface area (Å²) in [5.41, 5.74) is -2.01. The number of hydrogen-bond acceptors (Lipinski definition) is 6. The average molecular weight is 364 g/mol. The van der Waals surface area contributed by atoms with Gasteiger partial charge in [-0.25, -0.2) is 0 Å². The van der Waals surface area contributed by atoms with Gasteiger partial charge in [-0.15, -0.1) is 11.3 Å². The zero-order valence-electron chi connectivity index (χ0n) is 14.8. The lowest BCUT2D eigenvalue weighted by Crippen LogP contribution is -2.44. The molecule has 1 aromatic heterocycles. The van der Waals surface area contributed by atoms with Crippen LogP contribution in [0.1, 0.15) is 27.7 Å². The van der Waals surface area contributed by atoms with Crippen LogP contribution in [0, 0.1) is 0 Å². The lowest BCUT2D eigenvalue weighted by atomic mass is 9.90. The van der Waals surface area contributed by atoms with Gasteiger partial charge in [-0.2, -0.15) is 0 Å². The number of hydrogen-bond donors (Lipinski definition) is 5. The van der Waals surface area contributed by atoms with Crippen molar-refractivity contribution in [2.24, 2.45) is 0 Å². The van der Waals surface area contributed by atoms with Crippen molar-refractivity contribution >= 4 is 38.8 Å². The Kier molecular flexibility index (Phi) is 7.55. The Morgan fingerprint density at radius 1 is 0.680 bits per heavy atom. The number of thiophene rings is 1. The molecule has 3 aromatic rings. The average Bonchev–Trinajstić information content (AvgIpc) is 2.84. The minimum absolute atomic E-state index is 1.01. The van der Waals surface area contributed by atoms with Crippen LogP contribution in [0.3, 0.4) is 0 Å². The summed E-state index contributed by atoms with van der Waals surface area (Å²) in [4.78, 5) is 0. The summed E-state index contributed by atoms with van der Waals surface area (Å²) in [7, 11) is -2.17. The van der Waals surface area contributed by atoms with Gasteiger partial charge in [0.15, 0.2) is 0 Å². The molecule has 3 rings (SSSR count). The Bertz CT molecular complexity index is 722. The first-order chi connectivity index (χ1) is 11.4. The Hall–Kier alpha value is -1.48. The maximum atomic E-state index is 9.10. The van der Waals surface area contributed by atoms with E-state index in [-0.39, 0.29) is 0 Å². The molecule has 5 nitrogen and oxygen atoms in total. The normalized spacial score (nSPS) is 11.4. The molecule has 0 aliphatic carbocycles. The Labute approximate surface area is 152 Å². The molecule has 0 aliphatic heterocycles. The molecule has 0 bridgehead atoms. The fourth-order valence-electron chi connectivity index (χ4n) is 1.67. The molecule has 0 spiro atoms. The van der Waals surface area contributed by atoms with Crippen molar-refractivity contribution in [3.8, 4) is 0 Å². The second-order valence-corrected chi connectivity index (χ2v) is 7.64. The van der Waals surface area contributed by atoms with Gasteiger partial charge >= 0.3 is 7.32 Å². The van der Waals surface area contributed by atoms with E-state index < -0.39 is 18.5 Å². The quantitative estimate of drug-likeness (QED) is 0.427. The first-order valence-corrected chi connectivity index (χ1v) is 8.60. The van der Waals surface area contributed by atoms with Gasteiger partial charge in [-0.05, 0) is 39.8 Å². The molecule has 0 saturated heterocycles. The summed E-state index contributed by atoms with van der Waals surface area (Å²) >= 11 is 1.86. The zero-order valence-corrected chi connectivity index (χ0v) is 15.7. The summed E-state index contributed by atoms with van der Waals surface area (Å²) in [6.07, 6.45) is 0. The molecule has 0 saturated carbocycles. The molecule has 0 atom stereocenters. The second kappa shape index (κ2) is 8.76. The maximum Gasteiger partial charge on any atom is 0.631 e. The summed E-state index contributed by atoms with van der Waals surface area (Å²) in [5.74, 6) is 0. The van der Waals surface area contributed by atoms with Crippen LogP contribution in [0.25, 0.3) is 20.2 Å². The lowest BCUT2D eigenvalue weighted by Gasteiger charge is -2.31. The van der Waals surface area contributed by atoms with E-state index in [1.54, 1.807) is 27.7 Å². The third kappa shape index (κ3) is 6.74. The van der Waals surface area contributed by atoms with E-state index in [9.17, 15) is 0 Å². The second-order valence-electron chi connectivity index (χ2n) is 6.56. The van der Waals surface area contributed by atoms with E-state index in [1.807, 2.05) is 11.3 Å². The summed E-state index contributed by atoms with van der Waals surface area (Å²) in [5, 5.41) is 42.5. The minimum atomic E-state index is -2.17. The Morgan fingerprint density at radius 3 is 1.24 bits per heavy atom. The van der Waals surface area contributed by atoms with Gasteiger partial charge in [0.1, 0.15) is 0 Å². The van der Waals surface area contributed by atoms with Gasteiger partial charge in [-0.1, -0.05) is 36.4 Å². The first-order valence-electron chi connectivity index (χ1n) is 7.78. The van der Waals surface area contributed by atoms with E-state index >= 15 is 0 Å². The molecular weight excluding hydrogens is 339 g/mol. The van der Waals surface area contributed by atoms with Crippen LogP contribution in [0.15, 0.2) is 48.5 Å². The Balaban J connectivity index is 0.000000226. The predicted octanol–water partition coefficient (Wildman–Crippen LogP) is 2.53.